The van der Waals surface area contributed by atoms with Gasteiger partial charge in [-0.05, 0) is 44.0 Å². The number of nitrogens with zero attached hydrogens (tertiary/aromatic N) is 1. The van der Waals surface area contributed by atoms with E-state index < -0.39 is 0 Å². The number of ether oxygens (including phenoxy) is 1. The molecular weight excluding hydrogens is 304 g/mol. The van der Waals surface area contributed by atoms with Crippen molar-refractivity contribution in [3.63, 3.8) is 0 Å². The summed E-state index contributed by atoms with van der Waals surface area (Å²) in [5, 5.41) is 2.93. The molecule has 1 heterocycles. The number of rotatable bonds is 3. The van der Waals surface area contributed by atoms with E-state index >= 15 is 0 Å². The lowest BCUT2D eigenvalue weighted by atomic mass is 10.1. The first-order valence-corrected chi connectivity index (χ1v) is 7.85. The third-order valence-corrected chi connectivity index (χ3v) is 4.05. The van der Waals surface area contributed by atoms with E-state index in [4.69, 9.17) is 4.74 Å². The van der Waals surface area contributed by atoms with Crippen LogP contribution in [0.5, 0.6) is 5.75 Å². The van der Waals surface area contributed by atoms with Gasteiger partial charge in [0, 0.05) is 5.69 Å². The first kappa shape index (κ1) is 16.1. The van der Waals surface area contributed by atoms with Crippen LogP contribution in [0.2, 0.25) is 0 Å². The van der Waals surface area contributed by atoms with E-state index in [1.165, 1.54) is 4.90 Å². The van der Waals surface area contributed by atoms with Crippen molar-refractivity contribution < 1.29 is 14.3 Å². The number of nitrogens with one attached hydrogen (secondary N) is 1. The summed E-state index contributed by atoms with van der Waals surface area (Å²) in [6.07, 6.45) is 0. The van der Waals surface area contributed by atoms with Gasteiger partial charge in [-0.15, -0.1) is 0 Å². The van der Waals surface area contributed by atoms with E-state index in [0.29, 0.717) is 11.4 Å². The van der Waals surface area contributed by atoms with E-state index in [0.717, 1.165) is 22.4 Å². The molecule has 5 nitrogen and oxygen atoms in total. The second kappa shape index (κ2) is 6.35. The Kier molecular flexibility index (Phi) is 4.25. The van der Waals surface area contributed by atoms with Crippen LogP contribution in [-0.4, -0.2) is 25.0 Å². The lowest BCUT2D eigenvalue weighted by Crippen LogP contribution is -2.43. The molecule has 0 fully saturated rings. The predicted octanol–water partition coefficient (Wildman–Crippen LogP) is 2.98. The quantitative estimate of drug-likeness (QED) is 0.944. The predicted molar refractivity (Wildman–Crippen MR) is 93.6 cm³/mol. The largest absolute Gasteiger partial charge is 0.482 e. The summed E-state index contributed by atoms with van der Waals surface area (Å²) in [6, 6.07) is 11.3. The molecule has 0 aliphatic carbocycles. The average Bonchev–Trinajstić information content (AvgIpc) is 2.53. The summed E-state index contributed by atoms with van der Waals surface area (Å²) < 4.78 is 5.39. The fraction of sp³-hybridized carbons (Fsp3) is 0.263. The molecule has 0 saturated heterocycles. The molecule has 2 aromatic carbocycles. The van der Waals surface area contributed by atoms with Crippen molar-refractivity contribution in [2.24, 2.45) is 0 Å². The highest BCUT2D eigenvalue weighted by atomic mass is 16.5. The molecule has 3 rings (SSSR count). The first-order valence-electron chi connectivity index (χ1n) is 7.85. The lowest BCUT2D eigenvalue weighted by molar-refractivity contribution is -0.123. The van der Waals surface area contributed by atoms with Crippen molar-refractivity contribution >= 4 is 23.2 Å². The van der Waals surface area contributed by atoms with Crippen LogP contribution in [0.4, 0.5) is 11.4 Å². The normalized spacial score (nSPS) is 13.3. The Hall–Kier alpha value is -2.82. The Balaban J connectivity index is 1.80. The van der Waals surface area contributed by atoms with Gasteiger partial charge in [-0.25, -0.2) is 0 Å². The van der Waals surface area contributed by atoms with E-state index in [2.05, 4.69) is 5.32 Å². The molecular formula is C19H20N2O3. The second-order valence-corrected chi connectivity index (χ2v) is 6.06. The highest BCUT2D eigenvalue weighted by Crippen LogP contribution is 2.31. The zero-order valence-electron chi connectivity index (χ0n) is 14.1. The molecule has 0 unspecified atom stereocenters. The fourth-order valence-corrected chi connectivity index (χ4v) is 3.03. The topological polar surface area (TPSA) is 58.6 Å². The van der Waals surface area contributed by atoms with Gasteiger partial charge < -0.3 is 10.1 Å². The SMILES string of the molecule is Cc1cc(C)c(NC(=O)CN2C(=O)COc3ccccc32)c(C)c1. The molecule has 0 saturated carbocycles. The van der Waals surface area contributed by atoms with Crippen molar-refractivity contribution in [3.8, 4) is 5.75 Å². The van der Waals surface area contributed by atoms with Crippen LogP contribution < -0.4 is 15.0 Å². The zero-order valence-corrected chi connectivity index (χ0v) is 14.1. The molecule has 0 spiro atoms. The molecule has 0 aromatic heterocycles. The van der Waals surface area contributed by atoms with Crippen LogP contribution in [0.15, 0.2) is 36.4 Å². The Bertz CT molecular complexity index is 791. The number of carbonyl (C=O) groups is 2. The van der Waals surface area contributed by atoms with E-state index in [1.54, 1.807) is 12.1 Å². The van der Waals surface area contributed by atoms with Gasteiger partial charge in [0.2, 0.25) is 5.91 Å². The molecule has 124 valence electrons. The van der Waals surface area contributed by atoms with E-state index in [1.807, 2.05) is 45.0 Å². The summed E-state index contributed by atoms with van der Waals surface area (Å²) in [6.45, 7) is 5.86. The average molecular weight is 324 g/mol. The number of anilines is 2. The van der Waals surface area contributed by atoms with Gasteiger partial charge in [0.25, 0.3) is 5.91 Å². The lowest BCUT2D eigenvalue weighted by Gasteiger charge is -2.28. The number of para-hydroxylation sites is 2. The minimum Gasteiger partial charge on any atom is -0.482 e. The number of aryl methyl sites for hydroxylation is 3. The summed E-state index contributed by atoms with van der Waals surface area (Å²) >= 11 is 0. The molecule has 2 aromatic rings. The van der Waals surface area contributed by atoms with Gasteiger partial charge in [-0.3, -0.25) is 14.5 Å². The summed E-state index contributed by atoms with van der Waals surface area (Å²) in [4.78, 5) is 26.1. The van der Waals surface area contributed by atoms with Crippen LogP contribution in [0.1, 0.15) is 16.7 Å². The maximum atomic E-state index is 12.5. The van der Waals surface area contributed by atoms with Crippen LogP contribution in [0, 0.1) is 20.8 Å². The zero-order chi connectivity index (χ0) is 17.3. The molecule has 5 heteroatoms. The van der Waals surface area contributed by atoms with Crippen LogP contribution in [0.3, 0.4) is 0 Å². The molecule has 2 amide bonds. The summed E-state index contributed by atoms with van der Waals surface area (Å²) in [5.74, 6) is 0.170. The fourth-order valence-electron chi connectivity index (χ4n) is 3.03. The maximum Gasteiger partial charge on any atom is 0.265 e. The third kappa shape index (κ3) is 3.11. The standard InChI is InChI=1S/C19H20N2O3/c1-12-8-13(2)19(14(3)9-12)20-17(22)10-21-15-6-4-5-7-16(15)24-11-18(21)23/h4-9H,10-11H2,1-3H3,(H,20,22). The van der Waals surface area contributed by atoms with Crippen molar-refractivity contribution in [1.82, 2.24) is 0 Å². The highest BCUT2D eigenvalue weighted by Gasteiger charge is 2.27. The summed E-state index contributed by atoms with van der Waals surface area (Å²) in [7, 11) is 0. The van der Waals surface area contributed by atoms with Crippen molar-refractivity contribution in [2.45, 2.75) is 20.8 Å². The highest BCUT2D eigenvalue weighted by molar-refractivity contribution is 6.05. The van der Waals surface area contributed by atoms with E-state index in [-0.39, 0.29) is 25.0 Å². The monoisotopic (exact) mass is 324 g/mol. The van der Waals surface area contributed by atoms with Crippen molar-refractivity contribution in [3.05, 3.63) is 53.1 Å². The molecule has 0 atom stereocenters. The van der Waals surface area contributed by atoms with Gasteiger partial charge in [0.05, 0.1) is 5.69 Å². The van der Waals surface area contributed by atoms with Gasteiger partial charge in [-0.1, -0.05) is 29.8 Å². The maximum absolute atomic E-state index is 12.5. The Morgan fingerprint density at radius 3 is 2.54 bits per heavy atom. The summed E-state index contributed by atoms with van der Waals surface area (Å²) in [5.41, 5.74) is 4.60. The van der Waals surface area contributed by atoms with Gasteiger partial charge in [-0.2, -0.15) is 0 Å². The molecule has 1 N–H and O–H groups in total. The smallest absolute Gasteiger partial charge is 0.265 e. The van der Waals surface area contributed by atoms with Crippen LogP contribution >= 0.6 is 0 Å². The Morgan fingerprint density at radius 1 is 1.17 bits per heavy atom. The minimum absolute atomic E-state index is 0.0358. The number of fused-ring (bicyclic) bond motifs is 1. The van der Waals surface area contributed by atoms with Gasteiger partial charge in [0.15, 0.2) is 6.61 Å². The van der Waals surface area contributed by atoms with Crippen molar-refractivity contribution in [2.75, 3.05) is 23.4 Å². The molecule has 1 aliphatic heterocycles. The molecule has 24 heavy (non-hydrogen) atoms. The molecule has 0 radical (unpaired) electrons. The van der Waals surface area contributed by atoms with Crippen molar-refractivity contribution in [1.29, 1.82) is 0 Å². The molecule has 0 bridgehead atoms. The Morgan fingerprint density at radius 2 is 1.83 bits per heavy atom. The van der Waals surface area contributed by atoms with E-state index in [9.17, 15) is 9.59 Å². The number of carbonyl (C=O) groups excluding carboxylic acids is 2. The van der Waals surface area contributed by atoms with Crippen LogP contribution in [-0.2, 0) is 9.59 Å². The number of hydrogen-bond acceptors (Lipinski definition) is 3. The van der Waals surface area contributed by atoms with Gasteiger partial charge >= 0.3 is 0 Å². The van der Waals surface area contributed by atoms with Gasteiger partial charge in [0.1, 0.15) is 12.3 Å². The number of hydrogen-bond donors (Lipinski definition) is 1. The second-order valence-electron chi connectivity index (χ2n) is 6.06. The Labute approximate surface area is 141 Å². The van der Waals surface area contributed by atoms with Crippen LogP contribution in [0.25, 0.3) is 0 Å². The first-order chi connectivity index (χ1) is 11.5. The third-order valence-electron chi connectivity index (χ3n) is 4.05. The minimum atomic E-state index is -0.227. The number of amides is 2. The molecule has 1 aliphatic rings. The number of benzene rings is 2.